The molecular formula is C6H8F2N2. The maximum atomic E-state index is 12.3. The highest BCUT2D eigenvalue weighted by Crippen LogP contribution is 2.20. The number of nitrogens with one attached hydrogen (secondary N) is 1. The fourth-order valence-electron chi connectivity index (χ4n) is 0.771. The minimum atomic E-state index is -2.70. The maximum absolute atomic E-state index is 12.3. The van der Waals surface area contributed by atoms with Crippen LogP contribution in [0.1, 0.15) is 0 Å². The van der Waals surface area contributed by atoms with E-state index in [0.29, 0.717) is 5.70 Å². The highest BCUT2D eigenvalue weighted by Gasteiger charge is 2.31. The number of aliphatic imine (C=N–C) groups is 1. The molecule has 0 atom stereocenters. The molecule has 0 radical (unpaired) electrons. The van der Waals surface area contributed by atoms with Gasteiger partial charge >= 0.3 is 0 Å². The molecule has 0 amide bonds. The van der Waals surface area contributed by atoms with E-state index in [1.807, 2.05) is 0 Å². The summed E-state index contributed by atoms with van der Waals surface area (Å²) < 4.78 is 24.6. The van der Waals surface area contributed by atoms with Crippen LogP contribution < -0.4 is 5.32 Å². The van der Waals surface area contributed by atoms with Crippen LogP contribution in [-0.2, 0) is 0 Å². The normalized spacial score (nSPS) is 22.9. The van der Waals surface area contributed by atoms with Crippen molar-refractivity contribution in [3.8, 4) is 0 Å². The number of hydrogen-bond acceptors (Lipinski definition) is 2. The van der Waals surface area contributed by atoms with Crippen molar-refractivity contribution in [1.82, 2.24) is 5.32 Å². The molecule has 0 unspecified atom stereocenters. The summed E-state index contributed by atoms with van der Waals surface area (Å²) in [6.07, 6.45) is 2.25. The molecule has 4 heteroatoms. The Morgan fingerprint density at radius 3 is 2.90 bits per heavy atom. The summed E-state index contributed by atoms with van der Waals surface area (Å²) in [5, 5.41) is 2.51. The average molecular weight is 146 g/mol. The topological polar surface area (TPSA) is 24.4 Å². The summed E-state index contributed by atoms with van der Waals surface area (Å²) in [6, 6.07) is 0. The number of alkyl halides is 2. The van der Waals surface area contributed by atoms with E-state index in [2.05, 4.69) is 10.3 Å². The second-order valence-electron chi connectivity index (χ2n) is 2.10. The van der Waals surface area contributed by atoms with Gasteiger partial charge < -0.3 is 5.32 Å². The summed E-state index contributed by atoms with van der Waals surface area (Å²) in [5.41, 5.74) is 0.396. The lowest BCUT2D eigenvalue weighted by atomic mass is 10.3. The molecule has 0 aliphatic carbocycles. The van der Waals surface area contributed by atoms with E-state index >= 15 is 0 Å². The molecule has 56 valence electrons. The lowest BCUT2D eigenvalue weighted by molar-refractivity contribution is 0.0685. The van der Waals surface area contributed by atoms with Gasteiger partial charge in [0.1, 0.15) is 0 Å². The van der Waals surface area contributed by atoms with Crippen LogP contribution in [0.3, 0.4) is 0 Å². The van der Waals surface area contributed by atoms with Gasteiger partial charge in [0.25, 0.3) is 5.92 Å². The molecule has 1 rings (SSSR count). The Kier molecular flexibility index (Phi) is 1.70. The van der Waals surface area contributed by atoms with Crippen molar-refractivity contribution in [1.29, 1.82) is 0 Å². The summed E-state index contributed by atoms with van der Waals surface area (Å²) in [4.78, 5) is 3.59. The average Bonchev–Trinajstić information content (AvgIpc) is 2.12. The van der Waals surface area contributed by atoms with Crippen LogP contribution >= 0.6 is 0 Å². The minimum absolute atomic E-state index is 0.311. The van der Waals surface area contributed by atoms with Gasteiger partial charge in [0.15, 0.2) is 0 Å². The predicted molar refractivity (Wildman–Crippen MR) is 35.4 cm³/mol. The van der Waals surface area contributed by atoms with Crippen LogP contribution in [0.4, 0.5) is 8.78 Å². The van der Waals surface area contributed by atoms with Gasteiger partial charge in [-0.05, 0) is 0 Å². The largest absolute Gasteiger partial charge is 0.377 e. The first kappa shape index (κ1) is 7.18. The first-order valence-corrected chi connectivity index (χ1v) is 2.91. The number of nitrogens with zero attached hydrogens (tertiary/aromatic N) is 1. The van der Waals surface area contributed by atoms with Crippen LogP contribution in [-0.4, -0.2) is 25.7 Å². The smallest absolute Gasteiger partial charge is 0.285 e. The molecule has 0 spiro atoms. The van der Waals surface area contributed by atoms with Crippen LogP contribution in [0, 0.1) is 0 Å². The molecule has 0 aromatic rings. The van der Waals surface area contributed by atoms with Gasteiger partial charge in [-0.1, -0.05) is 0 Å². The van der Waals surface area contributed by atoms with Crippen LogP contribution in [0.15, 0.2) is 16.8 Å². The van der Waals surface area contributed by atoms with Crippen LogP contribution in [0.25, 0.3) is 0 Å². The molecule has 10 heavy (non-hydrogen) atoms. The van der Waals surface area contributed by atoms with Crippen molar-refractivity contribution in [2.24, 2.45) is 4.99 Å². The van der Waals surface area contributed by atoms with E-state index < -0.39 is 5.92 Å². The summed E-state index contributed by atoms with van der Waals surface area (Å²) in [7, 11) is 1.54. The van der Waals surface area contributed by atoms with Gasteiger partial charge in [-0.15, -0.1) is 0 Å². The van der Waals surface area contributed by atoms with E-state index in [1.165, 1.54) is 6.21 Å². The zero-order chi connectivity index (χ0) is 7.61. The quantitative estimate of drug-likeness (QED) is 0.544. The molecule has 1 aliphatic rings. The van der Waals surface area contributed by atoms with E-state index in [-0.39, 0.29) is 6.54 Å². The molecule has 0 fully saturated rings. The second kappa shape index (κ2) is 2.36. The molecule has 0 aromatic carbocycles. The number of hydrogen-bond donors (Lipinski definition) is 1. The molecule has 0 aromatic heterocycles. The van der Waals surface area contributed by atoms with Crippen LogP contribution in [0.5, 0.6) is 0 Å². The third-order valence-electron chi connectivity index (χ3n) is 1.16. The molecule has 0 saturated heterocycles. The Morgan fingerprint density at radius 2 is 2.50 bits per heavy atom. The van der Waals surface area contributed by atoms with Crippen molar-refractivity contribution in [3.05, 3.63) is 11.8 Å². The van der Waals surface area contributed by atoms with E-state index in [9.17, 15) is 8.78 Å². The SMILES string of the molecule is CN=CC1=CC(F)(F)CN1. The Bertz CT molecular complexity index is 184. The molecule has 2 nitrogen and oxygen atoms in total. The highest BCUT2D eigenvalue weighted by atomic mass is 19.3. The fraction of sp³-hybridized carbons (Fsp3) is 0.500. The number of rotatable bonds is 1. The van der Waals surface area contributed by atoms with Gasteiger partial charge in [-0.2, -0.15) is 8.78 Å². The van der Waals surface area contributed by atoms with E-state index in [1.54, 1.807) is 7.05 Å². The third-order valence-corrected chi connectivity index (χ3v) is 1.16. The Balaban J connectivity index is 2.66. The molecule has 1 aliphatic heterocycles. The lowest BCUT2D eigenvalue weighted by Gasteiger charge is -2.01. The minimum Gasteiger partial charge on any atom is -0.377 e. The highest BCUT2D eigenvalue weighted by molar-refractivity contribution is 5.78. The monoisotopic (exact) mass is 146 g/mol. The first-order chi connectivity index (χ1) is 4.64. The van der Waals surface area contributed by atoms with E-state index in [0.717, 1.165) is 6.08 Å². The molecule has 0 saturated carbocycles. The van der Waals surface area contributed by atoms with Gasteiger partial charge in [0.05, 0.1) is 12.2 Å². The van der Waals surface area contributed by atoms with Crippen molar-refractivity contribution in [3.63, 3.8) is 0 Å². The lowest BCUT2D eigenvalue weighted by Crippen LogP contribution is -2.21. The van der Waals surface area contributed by atoms with E-state index in [4.69, 9.17) is 0 Å². The van der Waals surface area contributed by atoms with Crippen molar-refractivity contribution in [2.75, 3.05) is 13.6 Å². The first-order valence-electron chi connectivity index (χ1n) is 2.91. The maximum Gasteiger partial charge on any atom is 0.285 e. The molecule has 1 heterocycles. The second-order valence-corrected chi connectivity index (χ2v) is 2.10. The number of allylic oxidation sites excluding steroid dienone is 1. The van der Waals surface area contributed by atoms with Crippen molar-refractivity contribution >= 4 is 6.21 Å². The predicted octanol–water partition coefficient (Wildman–Crippen LogP) is 0.809. The van der Waals surface area contributed by atoms with Crippen LogP contribution in [0.2, 0.25) is 0 Å². The van der Waals surface area contributed by atoms with Gasteiger partial charge in [0.2, 0.25) is 0 Å². The fourth-order valence-corrected chi connectivity index (χ4v) is 0.771. The molecular weight excluding hydrogens is 138 g/mol. The summed E-state index contributed by atoms with van der Waals surface area (Å²) in [6.45, 7) is -0.311. The Hall–Kier alpha value is -0.930. The van der Waals surface area contributed by atoms with Gasteiger partial charge in [-0.25, -0.2) is 0 Å². The zero-order valence-corrected chi connectivity index (χ0v) is 5.56. The molecule has 1 N–H and O–H groups in total. The van der Waals surface area contributed by atoms with Crippen molar-refractivity contribution in [2.45, 2.75) is 5.92 Å². The summed E-state index contributed by atoms with van der Waals surface area (Å²) >= 11 is 0. The zero-order valence-electron chi connectivity index (χ0n) is 5.56. The Morgan fingerprint density at radius 1 is 1.80 bits per heavy atom. The molecule has 0 bridgehead atoms. The van der Waals surface area contributed by atoms with Crippen molar-refractivity contribution < 1.29 is 8.78 Å². The van der Waals surface area contributed by atoms with Gasteiger partial charge in [-0.3, -0.25) is 4.99 Å². The van der Waals surface area contributed by atoms with Gasteiger partial charge in [0, 0.05) is 19.3 Å². The standard InChI is InChI=1S/C6H8F2N2/c1-9-3-5-2-6(7,8)4-10-5/h2-3,10H,4H2,1H3. The summed E-state index contributed by atoms with van der Waals surface area (Å²) in [5.74, 6) is -2.70. The third kappa shape index (κ3) is 1.52. The Labute approximate surface area is 57.6 Å². The number of halogens is 2.